The Kier molecular flexibility index (Phi) is 2.57. The molecule has 0 aromatic heterocycles. The van der Waals surface area contributed by atoms with Gasteiger partial charge in [-0.1, -0.05) is 12.1 Å². The number of ketones is 2. The number of hydrogen-bond donors (Lipinski definition) is 6. The van der Waals surface area contributed by atoms with Gasteiger partial charge in [-0.3, -0.25) is 14.4 Å². The monoisotopic (exact) mass is 407 g/mol. The first-order chi connectivity index (χ1) is 15.8. The Morgan fingerprint density at radius 2 is 1.97 bits per heavy atom. The number of phenols is 1. The Balaban J connectivity index is 2.17. The number of rotatable bonds is 1. The van der Waals surface area contributed by atoms with Crippen LogP contribution in [0.3, 0.4) is 0 Å². The first kappa shape index (κ1) is 13.1. The molecule has 1 aromatic carbocycles. The molecule has 29 heavy (non-hydrogen) atoms. The zero-order valence-electron chi connectivity index (χ0n) is 20.8. The van der Waals surface area contributed by atoms with Gasteiger partial charge in [-0.05, 0) is 25.0 Å². The van der Waals surface area contributed by atoms with E-state index in [9.17, 15) is 39.9 Å². The Bertz CT molecular complexity index is 1350. The van der Waals surface area contributed by atoms with Crippen molar-refractivity contribution in [1.29, 1.82) is 0 Å². The number of carbonyl (C=O) groups excluding carboxylic acids is 3. The minimum absolute atomic E-state index is 0.717. The van der Waals surface area contributed by atoms with E-state index in [-0.39, 0.29) is 0 Å². The summed E-state index contributed by atoms with van der Waals surface area (Å²) in [5, 5.41) is 54.7. The summed E-state index contributed by atoms with van der Waals surface area (Å²) in [6, 6.07) is -2.71. The van der Waals surface area contributed by atoms with Crippen molar-refractivity contribution in [2.75, 3.05) is 0 Å². The summed E-state index contributed by atoms with van der Waals surface area (Å²) < 4.78 is 49.3. The molecule has 1 aromatic rings. The van der Waals surface area contributed by atoms with Crippen LogP contribution in [0.25, 0.3) is 5.76 Å². The largest absolute Gasteiger partial charge is 0.508 e. The number of Topliss-reactive ketones (excluding diaryl/α,β-unsaturated/α-hetero) is 2. The van der Waals surface area contributed by atoms with Gasteiger partial charge in [-0.2, -0.15) is 0 Å². The number of benzene rings is 1. The number of primary amides is 1. The summed E-state index contributed by atoms with van der Waals surface area (Å²) in [4.78, 5) is 38.1. The third-order valence-corrected chi connectivity index (χ3v) is 5.57. The van der Waals surface area contributed by atoms with E-state index >= 15 is 0 Å². The van der Waals surface area contributed by atoms with Gasteiger partial charge < -0.3 is 31.3 Å². The molecule has 152 valence electrons. The molecule has 0 aliphatic heterocycles. The molecule has 3 aliphatic carbocycles. The predicted molar refractivity (Wildman–Crippen MR) is 97.3 cm³/mol. The van der Waals surface area contributed by atoms with Gasteiger partial charge in [0.05, 0.1) is 15.3 Å². The van der Waals surface area contributed by atoms with Crippen LogP contribution in [0, 0.1) is 11.8 Å². The van der Waals surface area contributed by atoms with Crippen LogP contribution in [0.1, 0.15) is 39.1 Å². The fraction of sp³-hybridized carbons (Fsp3) is 0.350. The number of nitrogens with two attached hydrogens (primary N) is 1. The molecule has 0 spiro atoms. The van der Waals surface area contributed by atoms with Gasteiger partial charge in [0.25, 0.3) is 5.91 Å². The van der Waals surface area contributed by atoms with Crippen LogP contribution in [0.15, 0.2) is 35.0 Å². The zero-order valence-corrected chi connectivity index (χ0v) is 14.8. The highest BCUT2D eigenvalue weighted by Gasteiger charge is 2.63. The van der Waals surface area contributed by atoms with Crippen LogP contribution in [0.2, 0.25) is 0 Å². The highest BCUT2D eigenvalue weighted by molar-refractivity contribution is 6.22. The number of amides is 1. The summed E-state index contributed by atoms with van der Waals surface area (Å²) in [5.41, 5.74) is -5.16. The predicted octanol–water partition coefficient (Wildman–Crippen LogP) is 0.0889. The molecule has 1 fully saturated rings. The fourth-order valence-corrected chi connectivity index (χ4v) is 4.09. The highest BCUT2D eigenvalue weighted by atomic mass is 16.3. The molecular formula is C20H19NO8. The number of aliphatic hydroxyl groups is 4. The van der Waals surface area contributed by atoms with E-state index in [4.69, 9.17) is 14.0 Å². The van der Waals surface area contributed by atoms with E-state index in [2.05, 4.69) is 0 Å². The van der Waals surface area contributed by atoms with E-state index in [0.717, 1.165) is 6.92 Å². The Labute approximate surface area is 172 Å². The molecule has 0 radical (unpaired) electrons. The van der Waals surface area contributed by atoms with Crippen LogP contribution in [-0.2, 0) is 20.0 Å². The van der Waals surface area contributed by atoms with Gasteiger partial charge >= 0.3 is 0 Å². The minimum atomic E-state index is -3.39. The molecule has 9 nitrogen and oxygen atoms in total. The van der Waals surface area contributed by atoms with Crippen molar-refractivity contribution in [3.8, 4) is 5.75 Å². The second kappa shape index (κ2) is 5.68. The van der Waals surface area contributed by atoms with E-state index in [1.165, 1.54) is 0 Å². The van der Waals surface area contributed by atoms with Crippen molar-refractivity contribution in [1.82, 2.24) is 0 Å². The maximum absolute atomic E-state index is 13.6. The molecule has 9 heteroatoms. The molecule has 0 bridgehead atoms. The van der Waals surface area contributed by atoms with E-state index in [0.29, 0.717) is 0 Å². The molecule has 3 aliphatic rings. The minimum Gasteiger partial charge on any atom is -0.508 e. The van der Waals surface area contributed by atoms with Crippen LogP contribution in [0.4, 0.5) is 0 Å². The third kappa shape index (κ3) is 2.19. The van der Waals surface area contributed by atoms with Crippen molar-refractivity contribution in [3.63, 3.8) is 0 Å². The Morgan fingerprint density at radius 3 is 2.59 bits per heavy atom. The third-order valence-electron chi connectivity index (χ3n) is 5.57. The molecule has 4 atom stereocenters. The van der Waals surface area contributed by atoms with Gasteiger partial charge in [0, 0.05) is 27.9 Å². The van der Waals surface area contributed by atoms with Crippen LogP contribution in [-0.4, -0.2) is 48.6 Å². The molecule has 2 unspecified atom stereocenters. The standard InChI is InChI=1S/C20H19NO8/c1-19(28)8-3-2-4-10(22)12(8)15(24)13-9(19)5-7-6-11(23)14(18(21)27)17(26)20(7,29)16(13)25/h2-4,7,9,22,24,26,28-29H,5-6H2,1H3,(H2,21,27)/t7?,9?,19-,20+/m1/s1/i2D,3D,4D,6D2,9D. The first-order valence-corrected chi connectivity index (χ1v) is 8.36. The van der Waals surface area contributed by atoms with Crippen LogP contribution < -0.4 is 5.73 Å². The molecule has 4 rings (SSSR count). The summed E-state index contributed by atoms with van der Waals surface area (Å²) in [6.45, 7) is 0.883. The van der Waals surface area contributed by atoms with Gasteiger partial charge in [-0.25, -0.2) is 0 Å². The average Bonchev–Trinajstić information content (AvgIpc) is 2.74. The summed E-state index contributed by atoms with van der Waals surface area (Å²) in [7, 11) is 0. The van der Waals surface area contributed by atoms with E-state index < -0.39 is 111 Å². The van der Waals surface area contributed by atoms with Crippen LogP contribution >= 0.6 is 0 Å². The highest BCUT2D eigenvalue weighted by Crippen LogP contribution is 2.56. The lowest BCUT2D eigenvalue weighted by molar-refractivity contribution is -0.152. The van der Waals surface area contributed by atoms with Crippen molar-refractivity contribution in [2.24, 2.45) is 17.5 Å². The van der Waals surface area contributed by atoms with Gasteiger partial charge in [-0.15, -0.1) is 0 Å². The Morgan fingerprint density at radius 1 is 1.31 bits per heavy atom. The van der Waals surface area contributed by atoms with Gasteiger partial charge in [0.15, 0.2) is 11.4 Å². The van der Waals surface area contributed by atoms with Crippen LogP contribution in [0.5, 0.6) is 5.75 Å². The summed E-state index contributed by atoms with van der Waals surface area (Å²) >= 11 is 0. The van der Waals surface area contributed by atoms with E-state index in [1.807, 2.05) is 0 Å². The number of aliphatic hydroxyl groups excluding tert-OH is 2. The molecule has 1 amide bonds. The second-order valence-electron chi connectivity index (χ2n) is 7.16. The van der Waals surface area contributed by atoms with Gasteiger partial charge in [0.1, 0.15) is 22.8 Å². The number of carbonyl (C=O) groups is 3. The first-order valence-electron chi connectivity index (χ1n) is 11.4. The van der Waals surface area contributed by atoms with E-state index in [1.54, 1.807) is 0 Å². The second-order valence-corrected chi connectivity index (χ2v) is 7.16. The maximum atomic E-state index is 13.6. The lowest BCUT2D eigenvalue weighted by atomic mass is 9.56. The smallest absolute Gasteiger partial charge is 0.255 e. The quantitative estimate of drug-likeness (QED) is 0.354. The molecule has 0 saturated heterocycles. The molecule has 7 N–H and O–H groups in total. The number of aromatic hydroxyl groups is 1. The summed E-state index contributed by atoms with van der Waals surface area (Å²) in [6.07, 6.45) is -4.39. The molecular weight excluding hydrogens is 382 g/mol. The molecule has 0 heterocycles. The average molecular weight is 407 g/mol. The van der Waals surface area contributed by atoms with Crippen molar-refractivity contribution in [2.45, 2.75) is 30.9 Å². The number of fused-ring (bicyclic) bond motifs is 3. The van der Waals surface area contributed by atoms with Crippen molar-refractivity contribution in [3.05, 3.63) is 46.2 Å². The fourth-order valence-electron chi connectivity index (χ4n) is 4.09. The van der Waals surface area contributed by atoms with Gasteiger partial charge in [0.2, 0.25) is 5.78 Å². The topological polar surface area (TPSA) is 178 Å². The molecule has 1 saturated carbocycles. The lowest BCUT2D eigenvalue weighted by Crippen LogP contribution is -2.60. The summed E-state index contributed by atoms with van der Waals surface area (Å²) in [5.74, 6) is -14.2. The lowest BCUT2D eigenvalue weighted by Gasteiger charge is -2.50. The number of hydrogen-bond acceptors (Lipinski definition) is 8. The normalized spacial score (nSPS) is 41.1. The zero-order chi connectivity index (χ0) is 26.8. The van der Waals surface area contributed by atoms with Crippen molar-refractivity contribution < 1.29 is 48.1 Å². The Hall–Kier alpha value is -3.17. The maximum Gasteiger partial charge on any atom is 0.255 e. The number of phenolic OH excluding ortho intramolecular Hbond substituents is 1. The SMILES string of the molecule is [2H]c1c([2H])c(O)c2c(c1[2H])[C@@](C)(O)C1([2H])CC3C([2H])([2H])C(=O)C(C(N)=O)=C(O)[C@@]3(O)C(=O)C1=C2O. The van der Waals surface area contributed by atoms with Crippen molar-refractivity contribution >= 4 is 23.2 Å².